The average molecular weight is 320 g/mol. The topological polar surface area (TPSA) is 59.9 Å². The number of nitrogens with zero attached hydrogens (tertiary/aromatic N) is 3. The van der Waals surface area contributed by atoms with Crippen molar-refractivity contribution >= 4 is 11.5 Å². The van der Waals surface area contributed by atoms with Gasteiger partial charge >= 0.3 is 0 Å². The lowest BCUT2D eigenvalue weighted by Gasteiger charge is -2.22. The molecule has 122 valence electrons. The second-order valence-electron chi connectivity index (χ2n) is 6.42. The Morgan fingerprint density at radius 3 is 2.50 bits per heavy atom. The van der Waals surface area contributed by atoms with Crippen molar-refractivity contribution in [2.24, 2.45) is 0 Å². The molecule has 0 spiro atoms. The zero-order chi connectivity index (χ0) is 17.0. The maximum absolute atomic E-state index is 6.12. The predicted molar refractivity (Wildman–Crippen MR) is 94.8 cm³/mol. The lowest BCUT2D eigenvalue weighted by atomic mass is 9.86. The van der Waals surface area contributed by atoms with E-state index in [4.69, 9.17) is 4.74 Å². The Bertz CT molecular complexity index is 813. The van der Waals surface area contributed by atoms with Gasteiger partial charge in [-0.05, 0) is 29.7 Å². The van der Waals surface area contributed by atoms with Crippen LogP contribution in [0.1, 0.15) is 26.3 Å². The molecule has 0 aliphatic rings. The smallest absolute Gasteiger partial charge is 0.243 e. The second-order valence-corrected chi connectivity index (χ2v) is 6.42. The van der Waals surface area contributed by atoms with Crippen LogP contribution in [0.4, 0.5) is 11.5 Å². The van der Waals surface area contributed by atoms with E-state index < -0.39 is 0 Å². The van der Waals surface area contributed by atoms with Crippen LogP contribution < -0.4 is 10.1 Å². The predicted octanol–water partition coefficient (Wildman–Crippen LogP) is 4.71. The molecule has 1 aromatic carbocycles. The highest BCUT2D eigenvalue weighted by atomic mass is 16.5. The molecule has 0 saturated carbocycles. The SMILES string of the molecule is CC(C)(C)c1ccccc1Oc1ncccc1Nc1ccncn1. The van der Waals surface area contributed by atoms with Gasteiger partial charge in [-0.2, -0.15) is 0 Å². The molecular formula is C19H20N4O. The molecule has 5 heteroatoms. The van der Waals surface area contributed by atoms with Gasteiger partial charge in [0.15, 0.2) is 0 Å². The van der Waals surface area contributed by atoms with Crippen LogP contribution in [0.25, 0.3) is 0 Å². The standard InChI is InChI=1S/C19H20N4O/c1-19(2,3)14-7-4-5-9-16(14)24-18-15(8-6-11-21-18)23-17-10-12-20-13-22-17/h4-13H,1-3H3,(H,20,22,23). The number of rotatable bonds is 4. The van der Waals surface area contributed by atoms with E-state index >= 15 is 0 Å². The van der Waals surface area contributed by atoms with Gasteiger partial charge in [-0.3, -0.25) is 0 Å². The van der Waals surface area contributed by atoms with Gasteiger partial charge in [0.05, 0.1) is 0 Å². The number of hydrogen-bond donors (Lipinski definition) is 1. The number of hydrogen-bond acceptors (Lipinski definition) is 5. The number of anilines is 2. The minimum Gasteiger partial charge on any atom is -0.437 e. The molecule has 5 nitrogen and oxygen atoms in total. The van der Waals surface area contributed by atoms with Crippen molar-refractivity contribution in [1.29, 1.82) is 0 Å². The summed E-state index contributed by atoms with van der Waals surface area (Å²) in [5, 5.41) is 3.21. The molecule has 24 heavy (non-hydrogen) atoms. The maximum atomic E-state index is 6.12. The fourth-order valence-corrected chi connectivity index (χ4v) is 2.35. The number of para-hydroxylation sites is 1. The summed E-state index contributed by atoms with van der Waals surface area (Å²) in [7, 11) is 0. The highest BCUT2D eigenvalue weighted by Gasteiger charge is 2.19. The van der Waals surface area contributed by atoms with E-state index in [9.17, 15) is 0 Å². The molecular weight excluding hydrogens is 300 g/mol. The molecule has 0 amide bonds. The molecule has 2 aromatic heterocycles. The van der Waals surface area contributed by atoms with Crippen molar-refractivity contribution in [3.63, 3.8) is 0 Å². The van der Waals surface area contributed by atoms with Crippen molar-refractivity contribution in [2.75, 3.05) is 5.32 Å². The molecule has 2 heterocycles. The minimum atomic E-state index is -0.0222. The van der Waals surface area contributed by atoms with E-state index in [2.05, 4.69) is 47.1 Å². The van der Waals surface area contributed by atoms with Gasteiger partial charge < -0.3 is 10.1 Å². The Kier molecular flexibility index (Phi) is 4.42. The highest BCUT2D eigenvalue weighted by molar-refractivity contribution is 5.62. The van der Waals surface area contributed by atoms with Gasteiger partial charge in [-0.1, -0.05) is 39.0 Å². The Hall–Kier alpha value is -2.95. The summed E-state index contributed by atoms with van der Waals surface area (Å²) in [4.78, 5) is 12.5. The highest BCUT2D eigenvalue weighted by Crippen LogP contribution is 2.35. The summed E-state index contributed by atoms with van der Waals surface area (Å²) in [6.07, 6.45) is 4.88. The first-order chi connectivity index (χ1) is 11.5. The van der Waals surface area contributed by atoms with Gasteiger partial charge in [-0.15, -0.1) is 0 Å². The third-order valence-electron chi connectivity index (χ3n) is 3.52. The van der Waals surface area contributed by atoms with Crippen molar-refractivity contribution in [2.45, 2.75) is 26.2 Å². The summed E-state index contributed by atoms with van der Waals surface area (Å²) >= 11 is 0. The zero-order valence-electron chi connectivity index (χ0n) is 14.0. The first kappa shape index (κ1) is 15.9. The molecule has 1 N–H and O–H groups in total. The van der Waals surface area contributed by atoms with Crippen LogP contribution in [0.3, 0.4) is 0 Å². The third-order valence-corrected chi connectivity index (χ3v) is 3.52. The Balaban J connectivity index is 1.92. The molecule has 0 fully saturated rings. The largest absolute Gasteiger partial charge is 0.437 e. The number of ether oxygens (including phenoxy) is 1. The monoisotopic (exact) mass is 320 g/mol. The number of benzene rings is 1. The van der Waals surface area contributed by atoms with Crippen LogP contribution in [-0.4, -0.2) is 15.0 Å². The molecule has 0 unspecified atom stereocenters. The zero-order valence-corrected chi connectivity index (χ0v) is 14.0. The third kappa shape index (κ3) is 3.68. The summed E-state index contributed by atoms with van der Waals surface area (Å²) in [5.41, 5.74) is 1.86. The lowest BCUT2D eigenvalue weighted by Crippen LogP contribution is -2.12. The van der Waals surface area contributed by atoms with Crippen LogP contribution in [0.5, 0.6) is 11.6 Å². The van der Waals surface area contributed by atoms with E-state index in [1.807, 2.05) is 30.3 Å². The van der Waals surface area contributed by atoms with Crippen LogP contribution in [0.2, 0.25) is 0 Å². The van der Waals surface area contributed by atoms with Crippen LogP contribution in [0, 0.1) is 0 Å². The van der Waals surface area contributed by atoms with E-state index in [0.29, 0.717) is 11.7 Å². The molecule has 0 bridgehead atoms. The van der Waals surface area contributed by atoms with Crippen molar-refractivity contribution in [3.05, 3.63) is 66.7 Å². The Morgan fingerprint density at radius 2 is 1.75 bits per heavy atom. The van der Waals surface area contributed by atoms with Crippen molar-refractivity contribution < 1.29 is 4.74 Å². The lowest BCUT2D eigenvalue weighted by molar-refractivity contribution is 0.442. The molecule has 0 aliphatic heterocycles. The first-order valence-electron chi connectivity index (χ1n) is 7.79. The summed E-state index contributed by atoms with van der Waals surface area (Å²) < 4.78 is 6.12. The van der Waals surface area contributed by atoms with Gasteiger partial charge in [0.25, 0.3) is 0 Å². The maximum Gasteiger partial charge on any atom is 0.243 e. The average Bonchev–Trinajstić information content (AvgIpc) is 2.57. The first-order valence-corrected chi connectivity index (χ1v) is 7.79. The van der Waals surface area contributed by atoms with E-state index in [1.54, 1.807) is 18.5 Å². The van der Waals surface area contributed by atoms with Gasteiger partial charge in [0.2, 0.25) is 5.88 Å². The van der Waals surface area contributed by atoms with Gasteiger partial charge in [0, 0.05) is 18.0 Å². The number of aromatic nitrogens is 3. The summed E-state index contributed by atoms with van der Waals surface area (Å²) in [5.74, 6) is 1.99. The van der Waals surface area contributed by atoms with Gasteiger partial charge in [0.1, 0.15) is 23.6 Å². The fraction of sp³-hybridized carbons (Fsp3) is 0.211. The van der Waals surface area contributed by atoms with Crippen molar-refractivity contribution in [3.8, 4) is 11.6 Å². The summed E-state index contributed by atoms with van der Waals surface area (Å²) in [6, 6.07) is 13.6. The molecule has 3 aromatic rings. The number of pyridine rings is 1. The molecule has 3 rings (SSSR count). The van der Waals surface area contributed by atoms with Gasteiger partial charge in [-0.25, -0.2) is 15.0 Å². The minimum absolute atomic E-state index is 0.0222. The quantitative estimate of drug-likeness (QED) is 0.754. The van der Waals surface area contributed by atoms with E-state index in [1.165, 1.54) is 6.33 Å². The van der Waals surface area contributed by atoms with Crippen LogP contribution >= 0.6 is 0 Å². The van der Waals surface area contributed by atoms with Crippen molar-refractivity contribution in [1.82, 2.24) is 15.0 Å². The van der Waals surface area contributed by atoms with Crippen LogP contribution in [0.15, 0.2) is 61.2 Å². The number of nitrogens with one attached hydrogen (secondary N) is 1. The molecule has 0 aliphatic carbocycles. The molecule has 0 atom stereocenters. The molecule has 0 radical (unpaired) electrons. The Labute approximate surface area is 141 Å². The Morgan fingerprint density at radius 1 is 0.917 bits per heavy atom. The van der Waals surface area contributed by atoms with E-state index in [0.717, 1.165) is 17.0 Å². The summed E-state index contributed by atoms with van der Waals surface area (Å²) in [6.45, 7) is 6.48. The van der Waals surface area contributed by atoms with E-state index in [-0.39, 0.29) is 5.41 Å². The second kappa shape index (κ2) is 6.66. The normalized spacial score (nSPS) is 11.1. The van der Waals surface area contributed by atoms with Crippen LogP contribution in [-0.2, 0) is 5.41 Å². The fourth-order valence-electron chi connectivity index (χ4n) is 2.35. The molecule has 0 saturated heterocycles.